The molecule has 0 radical (unpaired) electrons. The molecule has 0 bridgehead atoms. The number of sulfonamides is 1. The van der Waals surface area contributed by atoms with Crippen LogP contribution in [0, 0.1) is 6.92 Å². The van der Waals surface area contributed by atoms with Gasteiger partial charge >= 0.3 is 0 Å². The van der Waals surface area contributed by atoms with E-state index in [2.05, 4.69) is 4.72 Å². The van der Waals surface area contributed by atoms with Crippen LogP contribution < -0.4 is 14.2 Å². The van der Waals surface area contributed by atoms with Gasteiger partial charge in [0.1, 0.15) is 16.4 Å². The van der Waals surface area contributed by atoms with Gasteiger partial charge in [0.2, 0.25) is 0 Å². The molecular formula is C16H17NO4S. The van der Waals surface area contributed by atoms with Crippen LogP contribution >= 0.6 is 0 Å². The van der Waals surface area contributed by atoms with Crippen LogP contribution in [0.4, 0.5) is 5.69 Å². The molecule has 1 heterocycles. The number of fused-ring (bicyclic) bond motifs is 1. The number of benzene rings is 2. The highest BCUT2D eigenvalue weighted by atomic mass is 32.2. The van der Waals surface area contributed by atoms with Crippen LogP contribution in [0.1, 0.15) is 11.1 Å². The van der Waals surface area contributed by atoms with Gasteiger partial charge in [-0.2, -0.15) is 0 Å². The Hall–Kier alpha value is -2.21. The van der Waals surface area contributed by atoms with Gasteiger partial charge in [-0.25, -0.2) is 8.42 Å². The molecule has 0 unspecified atom stereocenters. The van der Waals surface area contributed by atoms with Gasteiger partial charge in [-0.3, -0.25) is 4.72 Å². The van der Waals surface area contributed by atoms with Gasteiger partial charge in [0.25, 0.3) is 10.0 Å². The van der Waals surface area contributed by atoms with Gasteiger partial charge in [0, 0.05) is 12.1 Å². The number of aryl methyl sites for hydroxylation is 1. The Morgan fingerprint density at radius 2 is 2.00 bits per heavy atom. The van der Waals surface area contributed by atoms with E-state index in [0.717, 1.165) is 23.3 Å². The van der Waals surface area contributed by atoms with Crippen molar-refractivity contribution in [2.45, 2.75) is 18.2 Å². The van der Waals surface area contributed by atoms with E-state index in [9.17, 15) is 8.42 Å². The molecule has 0 aromatic heterocycles. The third-order valence-electron chi connectivity index (χ3n) is 3.55. The monoisotopic (exact) mass is 319 g/mol. The van der Waals surface area contributed by atoms with Crippen molar-refractivity contribution < 1.29 is 17.9 Å². The summed E-state index contributed by atoms with van der Waals surface area (Å²) in [6.45, 7) is 2.47. The summed E-state index contributed by atoms with van der Waals surface area (Å²) in [6, 6.07) is 10.3. The maximum atomic E-state index is 12.6. The third kappa shape index (κ3) is 2.74. The summed E-state index contributed by atoms with van der Waals surface area (Å²) in [4.78, 5) is 0.131. The van der Waals surface area contributed by atoms with Crippen LogP contribution in [-0.2, 0) is 16.4 Å². The van der Waals surface area contributed by atoms with Crippen LogP contribution in [0.15, 0.2) is 41.3 Å². The Labute approximate surface area is 129 Å². The lowest BCUT2D eigenvalue weighted by atomic mass is 10.1. The Morgan fingerprint density at radius 3 is 2.77 bits per heavy atom. The van der Waals surface area contributed by atoms with Crippen molar-refractivity contribution in [1.29, 1.82) is 0 Å². The highest BCUT2D eigenvalue weighted by Crippen LogP contribution is 2.30. The predicted octanol–water partition coefficient (Wildman–Crippen LogP) is 2.74. The smallest absolute Gasteiger partial charge is 0.265 e. The average Bonchev–Trinajstić information content (AvgIpc) is 2.94. The van der Waals surface area contributed by atoms with Gasteiger partial charge in [-0.05, 0) is 48.4 Å². The van der Waals surface area contributed by atoms with Crippen molar-refractivity contribution in [1.82, 2.24) is 0 Å². The molecule has 5 nitrogen and oxygen atoms in total. The van der Waals surface area contributed by atoms with E-state index < -0.39 is 10.0 Å². The second-order valence-electron chi connectivity index (χ2n) is 5.18. The lowest BCUT2D eigenvalue weighted by Crippen LogP contribution is -2.14. The fraction of sp³-hybridized carbons (Fsp3) is 0.250. The summed E-state index contributed by atoms with van der Waals surface area (Å²) in [7, 11) is -2.26. The minimum atomic E-state index is -3.71. The Kier molecular flexibility index (Phi) is 3.70. The molecule has 6 heteroatoms. The van der Waals surface area contributed by atoms with Crippen molar-refractivity contribution in [2.75, 3.05) is 18.4 Å². The van der Waals surface area contributed by atoms with Gasteiger partial charge < -0.3 is 9.47 Å². The van der Waals surface area contributed by atoms with Crippen molar-refractivity contribution in [3.05, 3.63) is 47.5 Å². The molecule has 2 aromatic carbocycles. The number of rotatable bonds is 4. The first-order chi connectivity index (χ1) is 10.5. The zero-order chi connectivity index (χ0) is 15.7. The molecule has 0 spiro atoms. The number of methoxy groups -OCH3 is 1. The molecule has 0 atom stereocenters. The molecule has 0 fully saturated rings. The van der Waals surface area contributed by atoms with Crippen molar-refractivity contribution in [2.24, 2.45) is 0 Å². The zero-order valence-electron chi connectivity index (χ0n) is 12.4. The minimum Gasteiger partial charge on any atom is -0.495 e. The molecule has 1 aliphatic heterocycles. The zero-order valence-corrected chi connectivity index (χ0v) is 13.2. The van der Waals surface area contributed by atoms with Gasteiger partial charge in [0.15, 0.2) is 0 Å². The van der Waals surface area contributed by atoms with Gasteiger partial charge in [-0.15, -0.1) is 0 Å². The summed E-state index contributed by atoms with van der Waals surface area (Å²) in [5.74, 6) is 1.14. The molecule has 0 saturated heterocycles. The van der Waals surface area contributed by atoms with E-state index in [4.69, 9.17) is 9.47 Å². The van der Waals surface area contributed by atoms with Crippen molar-refractivity contribution in [3.8, 4) is 11.5 Å². The SMILES string of the molecule is COc1ccc(C)cc1S(=O)(=O)Nc1ccc2c(c1)CCO2. The Morgan fingerprint density at radius 1 is 1.18 bits per heavy atom. The second-order valence-corrected chi connectivity index (χ2v) is 6.83. The summed E-state index contributed by atoms with van der Waals surface area (Å²) < 4.78 is 38.4. The topological polar surface area (TPSA) is 64.6 Å². The number of anilines is 1. The van der Waals surface area contributed by atoms with Crippen molar-refractivity contribution in [3.63, 3.8) is 0 Å². The fourth-order valence-corrected chi connectivity index (χ4v) is 3.76. The third-order valence-corrected chi connectivity index (χ3v) is 4.95. The lowest BCUT2D eigenvalue weighted by molar-refractivity contribution is 0.357. The maximum absolute atomic E-state index is 12.6. The molecule has 3 rings (SSSR count). The molecular weight excluding hydrogens is 302 g/mol. The number of hydrogen-bond donors (Lipinski definition) is 1. The first kappa shape index (κ1) is 14.7. The van der Waals surface area contributed by atoms with E-state index in [1.165, 1.54) is 7.11 Å². The van der Waals surface area contributed by atoms with Crippen LogP contribution in [-0.4, -0.2) is 22.1 Å². The lowest BCUT2D eigenvalue weighted by Gasteiger charge is -2.13. The standard InChI is InChI=1S/C16H17NO4S/c1-11-3-5-15(20-2)16(9-11)22(18,19)17-13-4-6-14-12(10-13)7-8-21-14/h3-6,9-10,17H,7-8H2,1-2H3. The predicted molar refractivity (Wildman–Crippen MR) is 84.2 cm³/mol. The molecule has 22 heavy (non-hydrogen) atoms. The van der Waals surface area contributed by atoms with Crippen LogP contribution in [0.2, 0.25) is 0 Å². The molecule has 2 aromatic rings. The summed E-state index contributed by atoms with van der Waals surface area (Å²) in [5.41, 5.74) is 2.38. The fourth-order valence-electron chi connectivity index (χ4n) is 2.45. The summed E-state index contributed by atoms with van der Waals surface area (Å²) in [6.07, 6.45) is 0.790. The van der Waals surface area contributed by atoms with E-state index in [-0.39, 0.29) is 4.90 Å². The maximum Gasteiger partial charge on any atom is 0.265 e. The number of ether oxygens (including phenoxy) is 2. The molecule has 116 valence electrons. The largest absolute Gasteiger partial charge is 0.495 e. The Balaban J connectivity index is 1.95. The normalized spacial score (nSPS) is 13.4. The minimum absolute atomic E-state index is 0.131. The van der Waals surface area contributed by atoms with E-state index in [1.807, 2.05) is 19.1 Å². The average molecular weight is 319 g/mol. The highest BCUT2D eigenvalue weighted by molar-refractivity contribution is 7.92. The van der Waals surface area contributed by atoms with Crippen LogP contribution in [0.3, 0.4) is 0 Å². The Bertz CT molecular complexity index is 815. The quantitative estimate of drug-likeness (QED) is 0.941. The van der Waals surface area contributed by atoms with E-state index >= 15 is 0 Å². The first-order valence-corrected chi connectivity index (χ1v) is 8.41. The van der Waals surface area contributed by atoms with E-state index in [0.29, 0.717) is 18.0 Å². The molecule has 1 aliphatic rings. The molecule has 0 aliphatic carbocycles. The first-order valence-electron chi connectivity index (χ1n) is 6.93. The van der Waals surface area contributed by atoms with E-state index in [1.54, 1.807) is 24.3 Å². The van der Waals surface area contributed by atoms with Gasteiger partial charge in [0.05, 0.1) is 13.7 Å². The van der Waals surface area contributed by atoms with Crippen LogP contribution in [0.5, 0.6) is 11.5 Å². The van der Waals surface area contributed by atoms with Crippen LogP contribution in [0.25, 0.3) is 0 Å². The molecule has 0 amide bonds. The molecule has 1 N–H and O–H groups in total. The summed E-state index contributed by atoms with van der Waals surface area (Å²) >= 11 is 0. The van der Waals surface area contributed by atoms with Crippen molar-refractivity contribution >= 4 is 15.7 Å². The second kappa shape index (κ2) is 5.53. The molecule has 0 saturated carbocycles. The number of hydrogen-bond acceptors (Lipinski definition) is 4. The summed E-state index contributed by atoms with van der Waals surface area (Å²) in [5, 5.41) is 0. The highest BCUT2D eigenvalue weighted by Gasteiger charge is 2.21. The van der Waals surface area contributed by atoms with Gasteiger partial charge in [-0.1, -0.05) is 6.07 Å². The number of nitrogens with one attached hydrogen (secondary N) is 1.